The number of hydrogen-bond donors (Lipinski definition) is 1. The number of nitriles is 1. The van der Waals surface area contributed by atoms with Gasteiger partial charge in [0.1, 0.15) is 6.07 Å². The van der Waals surface area contributed by atoms with Crippen molar-refractivity contribution < 1.29 is 14.3 Å². The zero-order chi connectivity index (χ0) is 20.1. The molecule has 1 aliphatic heterocycles. The van der Waals surface area contributed by atoms with Crippen LogP contribution in [0, 0.1) is 25.2 Å². The van der Waals surface area contributed by atoms with E-state index >= 15 is 0 Å². The van der Waals surface area contributed by atoms with Gasteiger partial charge in [-0.25, -0.2) is 4.99 Å². The van der Waals surface area contributed by atoms with Gasteiger partial charge in [-0.15, -0.1) is 0 Å². The number of thioether (sulfide) groups is 1. The molecule has 3 rings (SSSR count). The van der Waals surface area contributed by atoms with Gasteiger partial charge in [0, 0.05) is 0 Å². The van der Waals surface area contributed by atoms with Gasteiger partial charge in [-0.05, 0) is 60.5 Å². The zero-order valence-electron chi connectivity index (χ0n) is 15.8. The first-order valence-electron chi connectivity index (χ1n) is 8.55. The maximum Gasteiger partial charge on any atom is 0.264 e. The van der Waals surface area contributed by atoms with E-state index in [1.165, 1.54) is 18.9 Å². The third kappa shape index (κ3) is 4.35. The van der Waals surface area contributed by atoms with Gasteiger partial charge in [0.15, 0.2) is 23.3 Å². The highest BCUT2D eigenvalue weighted by molar-refractivity contribution is 8.18. The molecule has 1 fully saturated rings. The van der Waals surface area contributed by atoms with E-state index in [1.54, 1.807) is 24.3 Å². The predicted octanol–water partition coefficient (Wildman–Crippen LogP) is 4.11. The zero-order valence-corrected chi connectivity index (χ0v) is 16.6. The minimum Gasteiger partial charge on any atom is -0.493 e. The molecule has 6 nitrogen and oxygen atoms in total. The minimum atomic E-state index is -0.196. The molecular formula is C21H19N3O3S. The lowest BCUT2D eigenvalue weighted by Gasteiger charge is -2.09. The topological polar surface area (TPSA) is 83.7 Å². The SMILES string of the molecule is COc1cc(/C=C2\SC(=Nc3c(C)cccc3C)NC2=O)ccc1OCC#N. The molecule has 1 saturated heterocycles. The Morgan fingerprint density at radius 2 is 1.96 bits per heavy atom. The van der Waals surface area contributed by atoms with Crippen molar-refractivity contribution in [3.8, 4) is 17.6 Å². The van der Waals surface area contributed by atoms with Crippen molar-refractivity contribution in [1.82, 2.24) is 5.32 Å². The molecule has 0 radical (unpaired) electrons. The van der Waals surface area contributed by atoms with Crippen LogP contribution in [0.3, 0.4) is 0 Å². The highest BCUT2D eigenvalue weighted by Gasteiger charge is 2.24. The van der Waals surface area contributed by atoms with E-state index in [0.717, 1.165) is 22.4 Å². The molecule has 2 aromatic rings. The normalized spacial score (nSPS) is 16.1. The maximum atomic E-state index is 12.3. The predicted molar refractivity (Wildman–Crippen MR) is 111 cm³/mol. The molecule has 0 spiro atoms. The van der Waals surface area contributed by atoms with Crippen LogP contribution in [-0.2, 0) is 4.79 Å². The van der Waals surface area contributed by atoms with E-state index in [-0.39, 0.29) is 12.5 Å². The largest absolute Gasteiger partial charge is 0.493 e. The summed E-state index contributed by atoms with van der Waals surface area (Å²) in [6.45, 7) is 3.92. The summed E-state index contributed by atoms with van der Waals surface area (Å²) in [4.78, 5) is 17.5. The Morgan fingerprint density at radius 3 is 2.64 bits per heavy atom. The van der Waals surface area contributed by atoms with Gasteiger partial charge in [0.2, 0.25) is 0 Å². The van der Waals surface area contributed by atoms with Crippen LogP contribution in [0.25, 0.3) is 6.08 Å². The molecule has 28 heavy (non-hydrogen) atoms. The number of nitrogens with zero attached hydrogens (tertiary/aromatic N) is 2. The van der Waals surface area contributed by atoms with E-state index in [9.17, 15) is 4.79 Å². The van der Waals surface area contributed by atoms with Crippen LogP contribution >= 0.6 is 11.8 Å². The fourth-order valence-corrected chi connectivity index (χ4v) is 3.55. The molecule has 1 amide bonds. The highest BCUT2D eigenvalue weighted by Crippen LogP contribution is 2.33. The first-order chi connectivity index (χ1) is 13.5. The summed E-state index contributed by atoms with van der Waals surface area (Å²) in [5.41, 5.74) is 3.76. The van der Waals surface area contributed by atoms with Gasteiger partial charge in [0.05, 0.1) is 17.7 Å². The number of carbonyl (C=O) groups excluding carboxylic acids is 1. The lowest BCUT2D eigenvalue weighted by molar-refractivity contribution is -0.115. The second-order valence-electron chi connectivity index (χ2n) is 6.08. The van der Waals surface area contributed by atoms with E-state index in [1.807, 2.05) is 38.1 Å². The van der Waals surface area contributed by atoms with Gasteiger partial charge in [-0.3, -0.25) is 4.79 Å². The summed E-state index contributed by atoms with van der Waals surface area (Å²) in [5.74, 6) is 0.781. The van der Waals surface area contributed by atoms with Crippen molar-refractivity contribution in [2.24, 2.45) is 4.99 Å². The first kappa shape index (κ1) is 19.5. The molecule has 0 bridgehead atoms. The average molecular weight is 393 g/mol. The molecule has 0 unspecified atom stereocenters. The summed E-state index contributed by atoms with van der Waals surface area (Å²) in [5, 5.41) is 12.0. The Labute approximate surface area is 167 Å². The number of para-hydroxylation sites is 1. The Bertz CT molecular complexity index is 1000. The van der Waals surface area contributed by atoms with Gasteiger partial charge < -0.3 is 14.8 Å². The maximum absolute atomic E-state index is 12.3. The monoisotopic (exact) mass is 393 g/mol. The van der Waals surface area contributed by atoms with Crippen LogP contribution in [0.1, 0.15) is 16.7 Å². The Balaban J connectivity index is 1.85. The molecule has 0 atom stereocenters. The van der Waals surface area contributed by atoms with Crippen LogP contribution in [0.5, 0.6) is 11.5 Å². The molecule has 1 aliphatic rings. The van der Waals surface area contributed by atoms with Crippen molar-refractivity contribution in [2.75, 3.05) is 13.7 Å². The van der Waals surface area contributed by atoms with Crippen molar-refractivity contribution >= 4 is 34.6 Å². The second kappa shape index (κ2) is 8.63. The lowest BCUT2D eigenvalue weighted by atomic mass is 10.1. The van der Waals surface area contributed by atoms with Crippen LogP contribution in [-0.4, -0.2) is 24.8 Å². The van der Waals surface area contributed by atoms with E-state index in [4.69, 9.17) is 14.7 Å². The average Bonchev–Trinajstić information content (AvgIpc) is 3.02. The molecule has 0 aromatic heterocycles. The van der Waals surface area contributed by atoms with Crippen LogP contribution in [0.2, 0.25) is 0 Å². The lowest BCUT2D eigenvalue weighted by Crippen LogP contribution is -2.19. The van der Waals surface area contributed by atoms with Crippen molar-refractivity contribution in [3.05, 3.63) is 58.0 Å². The molecular weight excluding hydrogens is 374 g/mol. The Morgan fingerprint density at radius 1 is 1.21 bits per heavy atom. The van der Waals surface area contributed by atoms with E-state index in [2.05, 4.69) is 10.3 Å². The van der Waals surface area contributed by atoms with Gasteiger partial charge in [-0.1, -0.05) is 24.3 Å². The number of ether oxygens (including phenoxy) is 2. The highest BCUT2D eigenvalue weighted by atomic mass is 32.2. The second-order valence-corrected chi connectivity index (χ2v) is 7.11. The van der Waals surface area contributed by atoms with Gasteiger partial charge >= 0.3 is 0 Å². The Hall–Kier alpha value is -3.24. The number of nitrogens with one attached hydrogen (secondary N) is 1. The van der Waals surface area contributed by atoms with Crippen LogP contribution in [0.4, 0.5) is 5.69 Å². The van der Waals surface area contributed by atoms with Gasteiger partial charge in [-0.2, -0.15) is 5.26 Å². The number of amides is 1. The standard InChI is InChI=1S/C21H19N3O3S/c1-13-5-4-6-14(2)19(13)23-21-24-20(25)18(28-21)12-15-7-8-16(27-10-9-22)17(11-15)26-3/h4-8,11-12H,10H2,1-3H3,(H,23,24,25)/b18-12-. The third-order valence-corrected chi connectivity index (χ3v) is 4.99. The molecule has 0 aliphatic carbocycles. The van der Waals surface area contributed by atoms with Crippen LogP contribution in [0.15, 0.2) is 46.3 Å². The summed E-state index contributed by atoms with van der Waals surface area (Å²) >= 11 is 1.29. The van der Waals surface area contributed by atoms with Gasteiger partial charge in [0.25, 0.3) is 5.91 Å². The number of carbonyl (C=O) groups is 1. The smallest absolute Gasteiger partial charge is 0.264 e. The Kier molecular flexibility index (Phi) is 6.02. The number of hydrogen-bond acceptors (Lipinski definition) is 6. The molecule has 1 N–H and O–H groups in total. The number of benzene rings is 2. The summed E-state index contributed by atoms with van der Waals surface area (Å²) < 4.78 is 10.6. The summed E-state index contributed by atoms with van der Waals surface area (Å²) in [6, 6.07) is 13.2. The quantitative estimate of drug-likeness (QED) is 0.773. The summed E-state index contributed by atoms with van der Waals surface area (Å²) in [6.07, 6.45) is 1.77. The number of methoxy groups -OCH3 is 1. The molecule has 0 saturated carbocycles. The van der Waals surface area contributed by atoms with E-state index < -0.39 is 0 Å². The fraction of sp³-hybridized carbons (Fsp3) is 0.190. The van der Waals surface area contributed by atoms with Crippen molar-refractivity contribution in [2.45, 2.75) is 13.8 Å². The van der Waals surface area contributed by atoms with Crippen LogP contribution < -0.4 is 14.8 Å². The van der Waals surface area contributed by atoms with Crippen molar-refractivity contribution in [1.29, 1.82) is 5.26 Å². The van der Waals surface area contributed by atoms with Crippen molar-refractivity contribution in [3.63, 3.8) is 0 Å². The summed E-state index contributed by atoms with van der Waals surface area (Å²) in [7, 11) is 1.53. The number of rotatable bonds is 5. The number of aliphatic imine (C=N–C) groups is 1. The molecule has 142 valence electrons. The number of amidine groups is 1. The van der Waals surface area contributed by atoms with E-state index in [0.29, 0.717) is 21.6 Å². The molecule has 2 aromatic carbocycles. The number of aryl methyl sites for hydroxylation is 2. The third-order valence-electron chi connectivity index (χ3n) is 4.08. The molecule has 7 heteroatoms. The molecule has 1 heterocycles. The first-order valence-corrected chi connectivity index (χ1v) is 9.37. The fourth-order valence-electron chi connectivity index (χ4n) is 2.72. The minimum absolute atomic E-state index is 0.0623.